The van der Waals surface area contributed by atoms with Crippen LogP contribution in [0.3, 0.4) is 0 Å². The molecule has 1 amide bonds. The third-order valence-corrected chi connectivity index (χ3v) is 5.78. The lowest BCUT2D eigenvalue weighted by molar-refractivity contribution is -0.140. The fourth-order valence-corrected chi connectivity index (χ4v) is 4.07. The first-order valence-corrected chi connectivity index (χ1v) is 10.4. The summed E-state index contributed by atoms with van der Waals surface area (Å²) in [6.45, 7) is 3.69. The number of rotatable bonds is 7. The molecule has 170 valence electrons. The summed E-state index contributed by atoms with van der Waals surface area (Å²) in [7, 11) is 2.97. The van der Waals surface area contributed by atoms with Crippen molar-refractivity contribution < 1.29 is 33.3 Å². The topological polar surface area (TPSA) is 102 Å². The zero-order valence-corrected chi connectivity index (χ0v) is 18.1. The van der Waals surface area contributed by atoms with Crippen LogP contribution in [-0.4, -0.2) is 80.2 Å². The molecule has 2 aliphatic rings. The van der Waals surface area contributed by atoms with Crippen molar-refractivity contribution in [3.63, 3.8) is 0 Å². The fraction of sp³-hybridized carbons (Fsp3) is 0.391. The summed E-state index contributed by atoms with van der Waals surface area (Å²) >= 11 is 0. The van der Waals surface area contributed by atoms with E-state index in [1.165, 1.54) is 25.4 Å². The number of furan rings is 1. The Balaban J connectivity index is 1.73. The van der Waals surface area contributed by atoms with Crippen LogP contribution in [0, 0.1) is 0 Å². The number of methoxy groups -OCH3 is 2. The minimum atomic E-state index is -0.835. The number of ether oxygens (including phenoxy) is 3. The molecule has 1 unspecified atom stereocenters. The van der Waals surface area contributed by atoms with Crippen molar-refractivity contribution in [2.45, 2.75) is 6.04 Å². The van der Waals surface area contributed by atoms with Gasteiger partial charge in [-0.05, 0) is 24.3 Å². The van der Waals surface area contributed by atoms with Crippen molar-refractivity contribution in [3.8, 4) is 11.5 Å². The average Bonchev–Trinajstić information content (AvgIpc) is 3.44. The van der Waals surface area contributed by atoms with E-state index in [0.29, 0.717) is 43.6 Å². The van der Waals surface area contributed by atoms with E-state index in [1.54, 1.807) is 30.3 Å². The van der Waals surface area contributed by atoms with Gasteiger partial charge < -0.3 is 28.6 Å². The standard InChI is InChI=1S/C23H26N2O7/c1-29-15-5-6-16(18(14-15)30-2)21(26)19-20(17-4-3-11-32-17)25(23(28)22(19)27)8-7-24-9-12-31-13-10-24/h3-6,11,14,20,26H,7-10,12-13H2,1-2H3. The number of carbonyl (C=O) groups excluding carboxylic acids is 2. The maximum Gasteiger partial charge on any atom is 0.295 e. The fourth-order valence-electron chi connectivity index (χ4n) is 4.07. The lowest BCUT2D eigenvalue weighted by Crippen LogP contribution is -2.42. The largest absolute Gasteiger partial charge is 0.507 e. The summed E-state index contributed by atoms with van der Waals surface area (Å²) < 4.78 is 21.5. The van der Waals surface area contributed by atoms with E-state index in [0.717, 1.165) is 13.1 Å². The van der Waals surface area contributed by atoms with E-state index < -0.39 is 17.7 Å². The molecule has 0 radical (unpaired) electrons. The van der Waals surface area contributed by atoms with Crippen LogP contribution in [0.25, 0.3) is 5.76 Å². The van der Waals surface area contributed by atoms with E-state index in [1.807, 2.05) is 0 Å². The normalized spacial score (nSPS) is 21.2. The van der Waals surface area contributed by atoms with Gasteiger partial charge in [-0.3, -0.25) is 14.5 Å². The number of hydrogen-bond donors (Lipinski definition) is 1. The lowest BCUT2D eigenvalue weighted by Gasteiger charge is -2.30. The number of amides is 1. The Labute approximate surface area is 185 Å². The Morgan fingerprint density at radius 1 is 1.12 bits per heavy atom. The van der Waals surface area contributed by atoms with Crippen LogP contribution in [0.5, 0.6) is 11.5 Å². The van der Waals surface area contributed by atoms with Crippen molar-refractivity contribution in [1.29, 1.82) is 0 Å². The van der Waals surface area contributed by atoms with E-state index in [4.69, 9.17) is 18.6 Å². The molecule has 2 aromatic rings. The number of carbonyl (C=O) groups is 2. The van der Waals surface area contributed by atoms with Gasteiger partial charge >= 0.3 is 0 Å². The van der Waals surface area contributed by atoms with Gasteiger partial charge in [-0.1, -0.05) is 0 Å². The molecule has 2 aliphatic heterocycles. The molecule has 9 heteroatoms. The van der Waals surface area contributed by atoms with Crippen molar-refractivity contribution in [2.75, 3.05) is 53.6 Å². The highest BCUT2D eigenvalue weighted by Gasteiger charge is 2.47. The zero-order valence-electron chi connectivity index (χ0n) is 18.1. The number of Topliss-reactive ketones (excluding diaryl/α,β-unsaturated/α-hetero) is 1. The van der Waals surface area contributed by atoms with E-state index >= 15 is 0 Å². The molecule has 4 rings (SSSR count). The Morgan fingerprint density at radius 2 is 1.91 bits per heavy atom. The van der Waals surface area contributed by atoms with Crippen LogP contribution >= 0.6 is 0 Å². The molecule has 2 fully saturated rings. The second kappa shape index (κ2) is 9.46. The van der Waals surface area contributed by atoms with Gasteiger partial charge in [0.1, 0.15) is 29.1 Å². The van der Waals surface area contributed by atoms with Gasteiger partial charge in [-0.2, -0.15) is 0 Å². The zero-order chi connectivity index (χ0) is 22.7. The second-order valence-corrected chi connectivity index (χ2v) is 7.53. The molecule has 0 saturated carbocycles. The second-order valence-electron chi connectivity index (χ2n) is 7.53. The molecule has 1 atom stereocenters. The number of nitrogens with zero attached hydrogens (tertiary/aromatic N) is 2. The first kappa shape index (κ1) is 21.9. The maximum atomic E-state index is 13.1. The van der Waals surface area contributed by atoms with E-state index in [2.05, 4.69) is 4.90 Å². The Kier molecular flexibility index (Phi) is 6.48. The summed E-state index contributed by atoms with van der Waals surface area (Å²) in [5.74, 6) is -0.498. The summed E-state index contributed by atoms with van der Waals surface area (Å²) in [5, 5.41) is 11.2. The van der Waals surface area contributed by atoms with Gasteiger partial charge in [0.15, 0.2) is 0 Å². The van der Waals surface area contributed by atoms with E-state index in [9.17, 15) is 14.7 Å². The molecule has 0 bridgehead atoms. The molecule has 0 aliphatic carbocycles. The Morgan fingerprint density at radius 3 is 2.56 bits per heavy atom. The SMILES string of the molecule is COc1ccc(C(O)=C2C(=O)C(=O)N(CCN3CCOCC3)C2c2ccco2)c(OC)c1. The summed E-state index contributed by atoms with van der Waals surface area (Å²) in [4.78, 5) is 29.7. The number of hydrogen-bond acceptors (Lipinski definition) is 8. The van der Waals surface area contributed by atoms with Crippen LogP contribution in [0.1, 0.15) is 17.4 Å². The number of benzene rings is 1. The summed E-state index contributed by atoms with van der Waals surface area (Å²) in [6, 6.07) is 7.38. The van der Waals surface area contributed by atoms with Crippen LogP contribution in [-0.2, 0) is 14.3 Å². The third kappa shape index (κ3) is 4.09. The number of morpholine rings is 1. The molecule has 32 heavy (non-hydrogen) atoms. The van der Waals surface area contributed by atoms with Crippen LogP contribution in [0.4, 0.5) is 0 Å². The van der Waals surface area contributed by atoms with Crippen LogP contribution in [0.15, 0.2) is 46.6 Å². The molecule has 2 saturated heterocycles. The summed E-state index contributed by atoms with van der Waals surface area (Å²) in [6.07, 6.45) is 1.48. The van der Waals surface area contributed by atoms with Gasteiger partial charge in [0.25, 0.3) is 11.7 Å². The minimum absolute atomic E-state index is 0.0320. The molecule has 0 spiro atoms. The molecule has 3 heterocycles. The highest BCUT2D eigenvalue weighted by Crippen LogP contribution is 2.41. The van der Waals surface area contributed by atoms with Crippen molar-refractivity contribution in [3.05, 3.63) is 53.5 Å². The number of aliphatic hydroxyl groups excluding tert-OH is 1. The van der Waals surface area contributed by atoms with Gasteiger partial charge in [0, 0.05) is 32.2 Å². The number of ketones is 1. The average molecular weight is 442 g/mol. The number of likely N-dealkylation sites (tertiary alicyclic amines) is 1. The highest BCUT2D eigenvalue weighted by molar-refractivity contribution is 6.46. The molecule has 1 aromatic carbocycles. The molecule has 9 nitrogen and oxygen atoms in total. The number of aliphatic hydroxyl groups is 1. The van der Waals surface area contributed by atoms with Crippen molar-refractivity contribution in [2.24, 2.45) is 0 Å². The van der Waals surface area contributed by atoms with E-state index in [-0.39, 0.29) is 16.9 Å². The predicted octanol–water partition coefficient (Wildman–Crippen LogP) is 2.05. The summed E-state index contributed by atoms with van der Waals surface area (Å²) in [5.41, 5.74) is 0.256. The smallest absolute Gasteiger partial charge is 0.295 e. The van der Waals surface area contributed by atoms with Gasteiger partial charge in [-0.15, -0.1) is 0 Å². The van der Waals surface area contributed by atoms with Gasteiger partial charge in [-0.25, -0.2) is 0 Å². The molecular weight excluding hydrogens is 416 g/mol. The minimum Gasteiger partial charge on any atom is -0.507 e. The monoisotopic (exact) mass is 442 g/mol. The first-order chi connectivity index (χ1) is 15.5. The predicted molar refractivity (Wildman–Crippen MR) is 115 cm³/mol. The van der Waals surface area contributed by atoms with Crippen molar-refractivity contribution in [1.82, 2.24) is 9.80 Å². The van der Waals surface area contributed by atoms with Crippen LogP contribution in [0.2, 0.25) is 0 Å². The quantitative estimate of drug-likeness (QED) is 0.395. The van der Waals surface area contributed by atoms with Gasteiger partial charge in [0.05, 0.1) is 44.8 Å². The van der Waals surface area contributed by atoms with Crippen molar-refractivity contribution >= 4 is 17.4 Å². The molecular formula is C23H26N2O7. The molecule has 1 aromatic heterocycles. The Bertz CT molecular complexity index is 1010. The highest BCUT2D eigenvalue weighted by atomic mass is 16.5. The maximum absolute atomic E-state index is 13.1. The van der Waals surface area contributed by atoms with Crippen LogP contribution < -0.4 is 9.47 Å². The third-order valence-electron chi connectivity index (χ3n) is 5.78. The lowest BCUT2D eigenvalue weighted by atomic mass is 9.98. The Hall–Kier alpha value is -3.30. The van der Waals surface area contributed by atoms with Gasteiger partial charge in [0.2, 0.25) is 0 Å². The molecule has 1 N–H and O–H groups in total. The first-order valence-electron chi connectivity index (χ1n) is 10.4.